The molecule has 0 fully saturated rings. The number of hydrogen-bond acceptors (Lipinski definition) is 3. The third kappa shape index (κ3) is 2.43. The summed E-state index contributed by atoms with van der Waals surface area (Å²) in [6.07, 6.45) is 1.70. The van der Waals surface area contributed by atoms with Crippen molar-refractivity contribution in [1.82, 2.24) is 9.38 Å². The molecule has 0 unspecified atom stereocenters. The highest BCUT2D eigenvalue weighted by Gasteiger charge is 2.16. The Balaban J connectivity index is 2.26. The van der Waals surface area contributed by atoms with E-state index in [-0.39, 0.29) is 6.61 Å². The molecule has 2 heterocycles. The lowest BCUT2D eigenvalue weighted by Gasteiger charge is -2.07. The van der Waals surface area contributed by atoms with E-state index in [2.05, 4.69) is 4.98 Å². The first-order valence-corrected chi connectivity index (χ1v) is 7.42. The number of rotatable bonds is 3. The van der Waals surface area contributed by atoms with Gasteiger partial charge < -0.3 is 9.84 Å². The molecule has 3 aromatic rings. The first-order chi connectivity index (χ1) is 10.5. The van der Waals surface area contributed by atoms with Gasteiger partial charge in [0.15, 0.2) is 5.65 Å². The Morgan fingerprint density at radius 2 is 2.05 bits per heavy atom. The second kappa shape index (κ2) is 5.80. The second-order valence-corrected chi connectivity index (χ2v) is 5.79. The molecule has 0 amide bonds. The van der Waals surface area contributed by atoms with Gasteiger partial charge in [-0.1, -0.05) is 23.2 Å². The molecule has 4 nitrogen and oxygen atoms in total. The molecule has 0 aliphatic rings. The molecule has 22 heavy (non-hydrogen) atoms. The summed E-state index contributed by atoms with van der Waals surface area (Å²) < 4.78 is 6.99. The van der Waals surface area contributed by atoms with Crippen molar-refractivity contribution in [3.8, 4) is 17.0 Å². The molecule has 0 aliphatic heterocycles. The average molecular weight is 337 g/mol. The van der Waals surface area contributed by atoms with Gasteiger partial charge in [-0.2, -0.15) is 0 Å². The van der Waals surface area contributed by atoms with Crippen LogP contribution in [-0.4, -0.2) is 21.6 Å². The molecule has 3 rings (SSSR count). The smallest absolute Gasteiger partial charge is 0.156 e. The zero-order chi connectivity index (χ0) is 15.9. The molecule has 0 spiro atoms. The molecular formula is C16H14Cl2N2O2. The summed E-state index contributed by atoms with van der Waals surface area (Å²) in [6, 6.07) is 7.39. The lowest BCUT2D eigenvalue weighted by molar-refractivity contribution is 0.276. The van der Waals surface area contributed by atoms with E-state index in [4.69, 9.17) is 27.9 Å². The van der Waals surface area contributed by atoms with Crippen LogP contribution in [0.25, 0.3) is 16.9 Å². The van der Waals surface area contributed by atoms with Gasteiger partial charge in [-0.25, -0.2) is 4.98 Å². The van der Waals surface area contributed by atoms with Crippen LogP contribution in [0.2, 0.25) is 10.0 Å². The number of hydrogen-bond donors (Lipinski definition) is 1. The molecular weight excluding hydrogens is 323 g/mol. The van der Waals surface area contributed by atoms with Crippen molar-refractivity contribution >= 4 is 28.8 Å². The number of pyridine rings is 1. The SMILES string of the molecule is COc1ccc(-c2nc3c(Cl)cc(Cl)cn3c2CO)cc1C. The first kappa shape index (κ1) is 15.2. The standard InChI is InChI=1S/C16H14Cl2N2O2/c1-9-5-10(3-4-14(9)22-2)15-13(8-21)20-7-11(17)6-12(18)16(20)19-15/h3-7,21H,8H2,1-2H3. The third-order valence-electron chi connectivity index (χ3n) is 3.56. The fraction of sp³-hybridized carbons (Fsp3) is 0.188. The second-order valence-electron chi connectivity index (χ2n) is 4.95. The predicted molar refractivity (Wildman–Crippen MR) is 87.9 cm³/mol. The van der Waals surface area contributed by atoms with Gasteiger partial charge in [-0.05, 0) is 36.8 Å². The molecule has 6 heteroatoms. The summed E-state index contributed by atoms with van der Waals surface area (Å²) >= 11 is 12.2. The van der Waals surface area contributed by atoms with Crippen molar-refractivity contribution in [3.05, 3.63) is 51.8 Å². The summed E-state index contributed by atoms with van der Waals surface area (Å²) in [4.78, 5) is 4.56. The van der Waals surface area contributed by atoms with Crippen molar-refractivity contribution in [1.29, 1.82) is 0 Å². The number of halogens is 2. The van der Waals surface area contributed by atoms with Gasteiger partial charge in [0.2, 0.25) is 0 Å². The average Bonchev–Trinajstić information content (AvgIpc) is 2.85. The lowest BCUT2D eigenvalue weighted by atomic mass is 10.1. The fourth-order valence-corrected chi connectivity index (χ4v) is 3.04. The van der Waals surface area contributed by atoms with Gasteiger partial charge in [-0.3, -0.25) is 4.40 Å². The van der Waals surface area contributed by atoms with E-state index in [0.717, 1.165) is 16.9 Å². The van der Waals surface area contributed by atoms with E-state index < -0.39 is 0 Å². The number of aliphatic hydroxyl groups excluding tert-OH is 1. The van der Waals surface area contributed by atoms with Gasteiger partial charge in [-0.15, -0.1) is 0 Å². The zero-order valence-electron chi connectivity index (χ0n) is 12.1. The predicted octanol–water partition coefficient (Wildman–Crippen LogP) is 4.12. The van der Waals surface area contributed by atoms with Gasteiger partial charge in [0.05, 0.1) is 35.1 Å². The van der Waals surface area contributed by atoms with E-state index in [1.165, 1.54) is 0 Å². The molecule has 1 N–H and O–H groups in total. The maximum atomic E-state index is 9.75. The van der Waals surface area contributed by atoms with Crippen LogP contribution in [0.1, 0.15) is 11.3 Å². The molecule has 114 valence electrons. The van der Waals surface area contributed by atoms with Crippen molar-refractivity contribution in [2.24, 2.45) is 0 Å². The number of aromatic nitrogens is 2. The van der Waals surface area contributed by atoms with Crippen LogP contribution in [0.3, 0.4) is 0 Å². The Labute approximate surface area is 137 Å². The van der Waals surface area contributed by atoms with Crippen molar-refractivity contribution < 1.29 is 9.84 Å². The van der Waals surface area contributed by atoms with Gasteiger partial charge in [0, 0.05) is 11.8 Å². The summed E-state index contributed by atoms with van der Waals surface area (Å²) in [5.74, 6) is 0.805. The maximum absolute atomic E-state index is 9.75. The summed E-state index contributed by atoms with van der Waals surface area (Å²) in [5.41, 5.74) is 3.77. The minimum absolute atomic E-state index is 0.168. The van der Waals surface area contributed by atoms with Gasteiger partial charge in [0.25, 0.3) is 0 Å². The highest BCUT2D eigenvalue weighted by atomic mass is 35.5. The number of ether oxygens (including phenoxy) is 1. The van der Waals surface area contributed by atoms with Crippen LogP contribution in [0.15, 0.2) is 30.5 Å². The number of aliphatic hydroxyl groups is 1. The van der Waals surface area contributed by atoms with Crippen LogP contribution in [0, 0.1) is 6.92 Å². The molecule has 2 aromatic heterocycles. The monoisotopic (exact) mass is 336 g/mol. The van der Waals surface area contributed by atoms with Crippen LogP contribution in [-0.2, 0) is 6.61 Å². The normalized spacial score (nSPS) is 11.1. The lowest BCUT2D eigenvalue weighted by Crippen LogP contribution is -1.95. The van der Waals surface area contributed by atoms with E-state index in [1.807, 2.05) is 25.1 Å². The summed E-state index contributed by atoms with van der Waals surface area (Å²) in [5, 5.41) is 10.7. The quantitative estimate of drug-likeness (QED) is 0.782. The highest BCUT2D eigenvalue weighted by molar-refractivity contribution is 6.36. The van der Waals surface area contributed by atoms with Crippen molar-refractivity contribution in [2.45, 2.75) is 13.5 Å². The number of aryl methyl sites for hydroxylation is 1. The molecule has 0 atom stereocenters. The molecule has 0 bridgehead atoms. The number of nitrogens with zero attached hydrogens (tertiary/aromatic N) is 2. The van der Waals surface area contributed by atoms with E-state index in [0.29, 0.717) is 27.1 Å². The first-order valence-electron chi connectivity index (χ1n) is 6.67. The Hall–Kier alpha value is -1.75. The largest absolute Gasteiger partial charge is 0.496 e. The van der Waals surface area contributed by atoms with Gasteiger partial charge >= 0.3 is 0 Å². The minimum atomic E-state index is -0.168. The van der Waals surface area contributed by atoms with Crippen molar-refractivity contribution in [3.63, 3.8) is 0 Å². The number of methoxy groups -OCH3 is 1. The van der Waals surface area contributed by atoms with Gasteiger partial charge in [0.1, 0.15) is 5.75 Å². The molecule has 1 aromatic carbocycles. The Morgan fingerprint density at radius 3 is 2.68 bits per heavy atom. The summed E-state index contributed by atoms with van der Waals surface area (Å²) in [6.45, 7) is 1.79. The van der Waals surface area contributed by atoms with E-state index >= 15 is 0 Å². The van der Waals surface area contributed by atoms with E-state index in [9.17, 15) is 5.11 Å². The summed E-state index contributed by atoms with van der Waals surface area (Å²) in [7, 11) is 1.63. The maximum Gasteiger partial charge on any atom is 0.156 e. The number of benzene rings is 1. The van der Waals surface area contributed by atoms with Crippen LogP contribution >= 0.6 is 23.2 Å². The fourth-order valence-electron chi connectivity index (χ4n) is 2.53. The van der Waals surface area contributed by atoms with Crippen LogP contribution in [0.5, 0.6) is 5.75 Å². The number of fused-ring (bicyclic) bond motifs is 1. The molecule has 0 radical (unpaired) electrons. The number of imidazole rings is 1. The topological polar surface area (TPSA) is 46.8 Å². The van der Waals surface area contributed by atoms with Crippen LogP contribution in [0.4, 0.5) is 0 Å². The minimum Gasteiger partial charge on any atom is -0.496 e. The third-order valence-corrected chi connectivity index (χ3v) is 4.04. The Bertz CT molecular complexity index is 859. The van der Waals surface area contributed by atoms with Crippen LogP contribution < -0.4 is 4.74 Å². The molecule has 0 aliphatic carbocycles. The molecule has 0 saturated carbocycles. The zero-order valence-corrected chi connectivity index (χ0v) is 13.6. The van der Waals surface area contributed by atoms with E-state index in [1.54, 1.807) is 23.8 Å². The Kier molecular flexibility index (Phi) is 4.00. The molecule has 0 saturated heterocycles. The van der Waals surface area contributed by atoms with Crippen molar-refractivity contribution in [2.75, 3.05) is 7.11 Å². The highest BCUT2D eigenvalue weighted by Crippen LogP contribution is 2.31. The Morgan fingerprint density at radius 1 is 1.27 bits per heavy atom.